The van der Waals surface area contributed by atoms with Gasteiger partial charge in [-0.3, -0.25) is 9.59 Å². The number of ether oxygens (including phenoxy) is 4. The molecule has 0 spiro atoms. The third kappa shape index (κ3) is 7.69. The number of carbonyl (C=O) groups excluding carboxylic acids is 1. The summed E-state index contributed by atoms with van der Waals surface area (Å²) in [6, 6.07) is 7.16. The summed E-state index contributed by atoms with van der Waals surface area (Å²) in [7, 11) is 0. The van der Waals surface area contributed by atoms with Crippen LogP contribution in [0.4, 0.5) is 0 Å². The highest BCUT2D eigenvalue weighted by Gasteiger charge is 2.40. The molecule has 0 aliphatic carbocycles. The van der Waals surface area contributed by atoms with E-state index in [1.807, 2.05) is 24.0 Å². The number of fused-ring (bicyclic) bond motifs is 1. The zero-order chi connectivity index (χ0) is 27.5. The van der Waals surface area contributed by atoms with Crippen LogP contribution in [-0.4, -0.2) is 74.9 Å². The van der Waals surface area contributed by atoms with Gasteiger partial charge in [0, 0.05) is 43.7 Å². The lowest BCUT2D eigenvalue weighted by molar-refractivity contribution is -0.172. The van der Waals surface area contributed by atoms with Gasteiger partial charge in [-0.25, -0.2) is 0 Å². The van der Waals surface area contributed by atoms with Crippen molar-refractivity contribution in [1.82, 2.24) is 4.90 Å². The second kappa shape index (κ2) is 15.2. The highest BCUT2D eigenvalue weighted by molar-refractivity contribution is 5.92. The summed E-state index contributed by atoms with van der Waals surface area (Å²) in [5.74, 6) is -0.677. The summed E-state index contributed by atoms with van der Waals surface area (Å²) in [4.78, 5) is 29.2. The van der Waals surface area contributed by atoms with Gasteiger partial charge in [0.15, 0.2) is 11.2 Å². The maximum atomic E-state index is 13.7. The fraction of sp³-hybridized carbons (Fsp3) is 0.600. The van der Waals surface area contributed by atoms with Crippen molar-refractivity contribution in [2.24, 2.45) is 5.92 Å². The monoisotopic (exact) mass is 543 g/mol. The van der Waals surface area contributed by atoms with Crippen LogP contribution in [0.25, 0.3) is 11.0 Å². The highest BCUT2D eigenvalue weighted by atomic mass is 16.7. The third-order valence-corrected chi connectivity index (χ3v) is 7.34. The molecule has 3 atom stereocenters. The average molecular weight is 544 g/mol. The molecule has 3 heterocycles. The maximum absolute atomic E-state index is 13.7. The molecule has 1 saturated heterocycles. The molecule has 39 heavy (non-hydrogen) atoms. The lowest BCUT2D eigenvalue weighted by atomic mass is 9.81. The van der Waals surface area contributed by atoms with Crippen molar-refractivity contribution >= 4 is 16.9 Å². The summed E-state index contributed by atoms with van der Waals surface area (Å²) >= 11 is 0. The number of allylic oxidation sites excluding steroid dienone is 1. The van der Waals surface area contributed by atoms with E-state index in [0.29, 0.717) is 62.5 Å². The number of aliphatic hydroxyl groups is 1. The van der Waals surface area contributed by atoms with Crippen LogP contribution < -0.4 is 5.43 Å². The fourth-order valence-electron chi connectivity index (χ4n) is 5.32. The van der Waals surface area contributed by atoms with E-state index in [9.17, 15) is 9.59 Å². The number of carbonyl (C=O) groups is 1. The van der Waals surface area contributed by atoms with Gasteiger partial charge in [-0.2, -0.15) is 0 Å². The van der Waals surface area contributed by atoms with E-state index in [-0.39, 0.29) is 36.2 Å². The van der Waals surface area contributed by atoms with Crippen LogP contribution >= 0.6 is 0 Å². The Kier molecular flexibility index (Phi) is 11.4. The molecule has 0 bridgehead atoms. The van der Waals surface area contributed by atoms with Crippen LogP contribution in [0.15, 0.2) is 51.6 Å². The van der Waals surface area contributed by atoms with Crippen molar-refractivity contribution in [3.63, 3.8) is 0 Å². The molecule has 1 amide bonds. The van der Waals surface area contributed by atoms with Gasteiger partial charge >= 0.3 is 0 Å². The van der Waals surface area contributed by atoms with Gasteiger partial charge in [0.2, 0.25) is 6.29 Å². The standard InChI is InChI=1S/C30H41NO8/c1-2-37-30-22(12-16-35-18-19-36-17-15-32)24(25-21-38-26-11-7-6-10-23(26)28(25)33)20-27(39-30)29(34)31-13-8-4-3-5-9-14-31/h6-7,10-11,20-22,24,30,32H,2-5,8-9,12-19H2,1H3/t22-,24+,30-/m1/s1. The second-order valence-electron chi connectivity index (χ2n) is 9.98. The molecule has 2 aliphatic rings. The predicted molar refractivity (Wildman–Crippen MR) is 146 cm³/mol. The first kappa shape index (κ1) is 29.3. The third-order valence-electron chi connectivity index (χ3n) is 7.34. The summed E-state index contributed by atoms with van der Waals surface area (Å²) in [5, 5.41) is 9.35. The number of benzene rings is 1. The molecule has 1 N–H and O–H groups in total. The Morgan fingerprint density at radius 1 is 1.03 bits per heavy atom. The molecule has 0 radical (unpaired) electrons. The number of hydrogen-bond donors (Lipinski definition) is 1. The summed E-state index contributed by atoms with van der Waals surface area (Å²) in [5.41, 5.74) is 0.857. The molecular formula is C30H41NO8. The Labute approximate surface area is 229 Å². The number of rotatable bonds is 12. The fourth-order valence-corrected chi connectivity index (χ4v) is 5.32. The minimum absolute atomic E-state index is 0.0315. The van der Waals surface area contributed by atoms with E-state index in [0.717, 1.165) is 25.7 Å². The van der Waals surface area contributed by atoms with Crippen LogP contribution in [0.5, 0.6) is 0 Å². The molecule has 2 aromatic rings. The molecule has 9 heteroatoms. The Morgan fingerprint density at radius 2 is 1.74 bits per heavy atom. The van der Waals surface area contributed by atoms with Gasteiger partial charge in [-0.1, -0.05) is 31.4 Å². The van der Waals surface area contributed by atoms with Gasteiger partial charge in [0.05, 0.1) is 38.1 Å². The van der Waals surface area contributed by atoms with Crippen LogP contribution in [0.1, 0.15) is 56.9 Å². The molecule has 4 rings (SSSR count). The average Bonchev–Trinajstić information content (AvgIpc) is 2.93. The largest absolute Gasteiger partial charge is 0.464 e. The van der Waals surface area contributed by atoms with E-state index in [2.05, 4.69) is 0 Å². The number of amides is 1. The lowest BCUT2D eigenvalue weighted by Crippen LogP contribution is -2.42. The Bertz CT molecular complexity index is 1140. The molecule has 1 aromatic carbocycles. The molecule has 1 fully saturated rings. The van der Waals surface area contributed by atoms with Crippen molar-refractivity contribution in [3.05, 3.63) is 58.2 Å². The van der Waals surface area contributed by atoms with E-state index in [1.165, 1.54) is 12.7 Å². The lowest BCUT2D eigenvalue weighted by Gasteiger charge is -2.37. The number of aliphatic hydroxyl groups excluding tert-OH is 1. The molecule has 2 aliphatic heterocycles. The normalized spacial score (nSPS) is 22.2. The van der Waals surface area contributed by atoms with Crippen molar-refractivity contribution < 1.29 is 33.3 Å². The second-order valence-corrected chi connectivity index (χ2v) is 9.98. The molecule has 9 nitrogen and oxygen atoms in total. The predicted octanol–water partition coefficient (Wildman–Crippen LogP) is 3.98. The number of nitrogens with zero attached hydrogens (tertiary/aromatic N) is 1. The van der Waals surface area contributed by atoms with Crippen molar-refractivity contribution in [1.29, 1.82) is 0 Å². The highest BCUT2D eigenvalue weighted by Crippen LogP contribution is 2.38. The van der Waals surface area contributed by atoms with Crippen LogP contribution in [0.3, 0.4) is 0 Å². The first-order valence-corrected chi connectivity index (χ1v) is 14.2. The number of hydrogen-bond acceptors (Lipinski definition) is 8. The van der Waals surface area contributed by atoms with E-state index < -0.39 is 12.2 Å². The van der Waals surface area contributed by atoms with Gasteiger partial charge < -0.3 is 33.4 Å². The van der Waals surface area contributed by atoms with Gasteiger partial charge in [-0.05, 0) is 44.4 Å². The van der Waals surface area contributed by atoms with Crippen LogP contribution in [0.2, 0.25) is 0 Å². The SMILES string of the molecule is CCO[C@@H]1OC(C(=O)N2CCCCCCC2)=C[C@H](c2coc3ccccc3c2=O)[C@H]1CCOCCOCCO. The van der Waals surface area contributed by atoms with Crippen LogP contribution in [-0.2, 0) is 23.7 Å². The zero-order valence-electron chi connectivity index (χ0n) is 22.8. The van der Waals surface area contributed by atoms with Crippen molar-refractivity contribution in [2.45, 2.75) is 57.7 Å². The van der Waals surface area contributed by atoms with Crippen molar-refractivity contribution in [2.75, 3.05) is 52.7 Å². The molecule has 0 unspecified atom stereocenters. The first-order valence-electron chi connectivity index (χ1n) is 14.2. The van der Waals surface area contributed by atoms with E-state index >= 15 is 0 Å². The number of likely N-dealkylation sites (tertiary alicyclic amines) is 1. The minimum atomic E-state index is -0.723. The quantitative estimate of drug-likeness (QED) is 0.401. The summed E-state index contributed by atoms with van der Waals surface area (Å²) in [6.45, 7) is 5.04. The van der Waals surface area contributed by atoms with Gasteiger partial charge in [0.25, 0.3) is 5.91 Å². The molecule has 1 aromatic heterocycles. The van der Waals surface area contributed by atoms with Gasteiger partial charge in [0.1, 0.15) is 5.58 Å². The van der Waals surface area contributed by atoms with Crippen molar-refractivity contribution in [3.8, 4) is 0 Å². The Hall–Kier alpha value is -2.72. The van der Waals surface area contributed by atoms with E-state index in [1.54, 1.807) is 18.2 Å². The first-order chi connectivity index (χ1) is 19.1. The van der Waals surface area contributed by atoms with E-state index in [4.69, 9.17) is 28.5 Å². The summed E-state index contributed by atoms with van der Waals surface area (Å²) < 4.78 is 29.2. The minimum Gasteiger partial charge on any atom is -0.464 e. The summed E-state index contributed by atoms with van der Waals surface area (Å²) in [6.07, 6.45) is 8.45. The van der Waals surface area contributed by atoms with Gasteiger partial charge in [-0.15, -0.1) is 0 Å². The van der Waals surface area contributed by atoms with Crippen LogP contribution in [0, 0.1) is 5.92 Å². The molecule has 0 saturated carbocycles. The Morgan fingerprint density at radius 3 is 2.49 bits per heavy atom. The molecular weight excluding hydrogens is 502 g/mol. The smallest absolute Gasteiger partial charge is 0.288 e. The maximum Gasteiger partial charge on any atom is 0.288 e. The molecule has 214 valence electrons. The topological polar surface area (TPSA) is 108 Å². The Balaban J connectivity index is 1.63. The number of para-hydroxylation sites is 1. The zero-order valence-corrected chi connectivity index (χ0v) is 22.8.